The molecule has 88 valence electrons. The predicted octanol–water partition coefficient (Wildman–Crippen LogP) is 5.33. The molecule has 0 aliphatic heterocycles. The zero-order valence-electron chi connectivity index (χ0n) is 9.25. The maximum atomic E-state index is 6.41. The van der Waals surface area contributed by atoms with Crippen molar-refractivity contribution in [1.82, 2.24) is 0 Å². The molecule has 0 aliphatic rings. The van der Waals surface area contributed by atoms with Gasteiger partial charge in [-0.15, -0.1) is 0 Å². The fourth-order valence-electron chi connectivity index (χ4n) is 1.59. The Morgan fingerprint density at radius 2 is 1.18 bits per heavy atom. The minimum Gasteiger partial charge on any atom is -0.0909 e. The molecule has 0 spiro atoms. The molecule has 2 rings (SSSR count). The quantitative estimate of drug-likeness (QED) is 0.654. The number of hydrogen-bond acceptors (Lipinski definition) is 0. The number of aryl methyl sites for hydroxylation is 1. The van der Waals surface area contributed by atoms with Crippen LogP contribution >= 0.6 is 34.8 Å². The van der Waals surface area contributed by atoms with Crippen molar-refractivity contribution in [2.24, 2.45) is 0 Å². The van der Waals surface area contributed by atoms with Gasteiger partial charge in [0.2, 0.25) is 0 Å². The largest absolute Gasteiger partial charge is 0.168 e. The van der Waals surface area contributed by atoms with Crippen LogP contribution in [-0.4, -0.2) is 0 Å². The van der Waals surface area contributed by atoms with E-state index in [1.165, 1.54) is 5.56 Å². The number of halogens is 3. The highest BCUT2D eigenvalue weighted by Gasteiger charge is 2.28. The number of benzene rings is 2. The summed E-state index contributed by atoms with van der Waals surface area (Å²) in [5, 5.41) is 0.668. The first-order valence-corrected chi connectivity index (χ1v) is 6.34. The van der Waals surface area contributed by atoms with Gasteiger partial charge in [-0.05, 0) is 30.2 Å². The zero-order valence-corrected chi connectivity index (χ0v) is 11.5. The second-order valence-corrected chi connectivity index (χ2v) is 5.71. The smallest absolute Gasteiger partial charge is 0.0909 e. The summed E-state index contributed by atoms with van der Waals surface area (Å²) in [6.07, 6.45) is 0. The molecule has 0 heterocycles. The number of alkyl halides is 2. The summed E-state index contributed by atoms with van der Waals surface area (Å²) in [7, 11) is 0. The van der Waals surface area contributed by atoms with Crippen LogP contribution in [0.25, 0.3) is 0 Å². The molecule has 2 aromatic rings. The highest BCUT2D eigenvalue weighted by atomic mass is 35.5. The Balaban J connectivity index is 2.41. The Kier molecular flexibility index (Phi) is 3.67. The third-order valence-electron chi connectivity index (χ3n) is 2.62. The summed E-state index contributed by atoms with van der Waals surface area (Å²) in [4.78, 5) is 0. The Morgan fingerprint density at radius 3 is 1.65 bits per heavy atom. The molecule has 0 bridgehead atoms. The summed E-state index contributed by atoms with van der Waals surface area (Å²) in [5.74, 6) is 0. The van der Waals surface area contributed by atoms with Gasteiger partial charge in [0.15, 0.2) is 4.33 Å². The topological polar surface area (TPSA) is 0 Å². The van der Waals surface area contributed by atoms with Crippen molar-refractivity contribution in [1.29, 1.82) is 0 Å². The third-order valence-corrected chi connectivity index (χ3v) is 3.75. The molecular formula is C14H11Cl3. The van der Waals surface area contributed by atoms with Gasteiger partial charge in [0.25, 0.3) is 0 Å². The van der Waals surface area contributed by atoms with Crippen molar-refractivity contribution in [3.8, 4) is 0 Å². The first-order chi connectivity index (χ1) is 8.00. The highest BCUT2D eigenvalue weighted by molar-refractivity contribution is 6.50. The number of hydrogen-bond donors (Lipinski definition) is 0. The normalized spacial score (nSPS) is 11.5. The molecule has 0 unspecified atom stereocenters. The zero-order chi connectivity index (χ0) is 12.5. The molecule has 0 amide bonds. The Morgan fingerprint density at radius 1 is 0.765 bits per heavy atom. The average molecular weight is 286 g/mol. The SMILES string of the molecule is Cc1ccc(C(Cl)(Cl)c2ccc(Cl)cc2)cc1. The summed E-state index contributed by atoms with van der Waals surface area (Å²) in [6, 6.07) is 15.1. The second kappa shape index (κ2) is 4.89. The maximum Gasteiger partial charge on any atom is 0.168 e. The lowest BCUT2D eigenvalue weighted by Crippen LogP contribution is -2.11. The van der Waals surface area contributed by atoms with Crippen molar-refractivity contribution in [3.05, 3.63) is 70.2 Å². The summed E-state index contributed by atoms with van der Waals surface area (Å²) < 4.78 is -1.04. The van der Waals surface area contributed by atoms with Crippen molar-refractivity contribution in [3.63, 3.8) is 0 Å². The van der Waals surface area contributed by atoms with Crippen LogP contribution in [0.5, 0.6) is 0 Å². The lowest BCUT2D eigenvalue weighted by molar-refractivity contribution is 1.04. The van der Waals surface area contributed by atoms with E-state index in [4.69, 9.17) is 34.8 Å². The van der Waals surface area contributed by atoms with Gasteiger partial charge in [0, 0.05) is 5.02 Å². The van der Waals surface area contributed by atoms with Gasteiger partial charge in [0.1, 0.15) is 0 Å². The Bertz CT molecular complexity index is 450. The molecule has 0 nitrogen and oxygen atoms in total. The molecular weight excluding hydrogens is 275 g/mol. The fraction of sp³-hybridized carbons (Fsp3) is 0.143. The summed E-state index contributed by atoms with van der Waals surface area (Å²) in [6.45, 7) is 2.02. The molecule has 0 fully saturated rings. The molecule has 0 saturated carbocycles. The molecule has 3 heteroatoms. The van der Waals surface area contributed by atoms with Crippen LogP contribution in [0.3, 0.4) is 0 Å². The fourth-order valence-corrected chi connectivity index (χ4v) is 2.22. The molecule has 17 heavy (non-hydrogen) atoms. The second-order valence-electron chi connectivity index (χ2n) is 3.95. The minimum absolute atomic E-state index is 0.668. The van der Waals surface area contributed by atoms with E-state index in [0.29, 0.717) is 5.02 Å². The van der Waals surface area contributed by atoms with E-state index < -0.39 is 4.33 Å². The molecule has 0 radical (unpaired) electrons. The van der Waals surface area contributed by atoms with E-state index in [0.717, 1.165) is 11.1 Å². The van der Waals surface area contributed by atoms with Crippen molar-refractivity contribution in [2.75, 3.05) is 0 Å². The lowest BCUT2D eigenvalue weighted by Gasteiger charge is -2.20. The summed E-state index contributed by atoms with van der Waals surface area (Å²) in [5.41, 5.74) is 2.84. The van der Waals surface area contributed by atoms with E-state index >= 15 is 0 Å². The van der Waals surface area contributed by atoms with Crippen LogP contribution in [0.15, 0.2) is 48.5 Å². The van der Waals surface area contributed by atoms with Crippen LogP contribution in [0.1, 0.15) is 16.7 Å². The monoisotopic (exact) mass is 284 g/mol. The summed E-state index contributed by atoms with van der Waals surface area (Å²) >= 11 is 18.7. The molecule has 0 saturated heterocycles. The van der Waals surface area contributed by atoms with E-state index in [1.54, 1.807) is 12.1 Å². The average Bonchev–Trinajstić information content (AvgIpc) is 2.30. The molecule has 0 aromatic heterocycles. The van der Waals surface area contributed by atoms with Crippen LogP contribution in [0.4, 0.5) is 0 Å². The minimum atomic E-state index is -1.04. The highest BCUT2D eigenvalue weighted by Crippen LogP contribution is 2.41. The van der Waals surface area contributed by atoms with Gasteiger partial charge in [-0.25, -0.2) is 0 Å². The van der Waals surface area contributed by atoms with Crippen LogP contribution < -0.4 is 0 Å². The van der Waals surface area contributed by atoms with Crippen LogP contribution in [0, 0.1) is 6.92 Å². The lowest BCUT2D eigenvalue weighted by atomic mass is 10.0. The van der Waals surface area contributed by atoms with E-state index in [1.807, 2.05) is 43.3 Å². The van der Waals surface area contributed by atoms with Crippen molar-refractivity contribution in [2.45, 2.75) is 11.3 Å². The van der Waals surface area contributed by atoms with Gasteiger partial charge < -0.3 is 0 Å². The van der Waals surface area contributed by atoms with E-state index in [-0.39, 0.29) is 0 Å². The van der Waals surface area contributed by atoms with Crippen LogP contribution in [-0.2, 0) is 4.33 Å². The Hall–Kier alpha value is -0.690. The van der Waals surface area contributed by atoms with Gasteiger partial charge in [-0.1, -0.05) is 76.8 Å². The third kappa shape index (κ3) is 2.77. The maximum absolute atomic E-state index is 6.41. The van der Waals surface area contributed by atoms with Gasteiger partial charge in [-0.2, -0.15) is 0 Å². The van der Waals surface area contributed by atoms with Gasteiger partial charge in [0.05, 0.1) is 0 Å². The van der Waals surface area contributed by atoms with E-state index in [2.05, 4.69) is 0 Å². The van der Waals surface area contributed by atoms with Gasteiger partial charge >= 0.3 is 0 Å². The first-order valence-electron chi connectivity index (χ1n) is 5.21. The Labute approximate surface area is 116 Å². The molecule has 0 aliphatic carbocycles. The first kappa shape index (κ1) is 12.8. The molecule has 0 atom stereocenters. The standard InChI is InChI=1S/C14H11Cl3/c1-10-2-4-11(5-3-10)14(16,17)12-6-8-13(15)9-7-12/h2-9H,1H3. The van der Waals surface area contributed by atoms with Gasteiger partial charge in [-0.3, -0.25) is 0 Å². The predicted molar refractivity (Wildman–Crippen MR) is 75.1 cm³/mol. The van der Waals surface area contributed by atoms with Crippen molar-refractivity contribution >= 4 is 34.8 Å². The van der Waals surface area contributed by atoms with E-state index in [9.17, 15) is 0 Å². The molecule has 0 N–H and O–H groups in total. The molecule has 2 aromatic carbocycles. The van der Waals surface area contributed by atoms with Crippen molar-refractivity contribution < 1.29 is 0 Å². The van der Waals surface area contributed by atoms with Crippen LogP contribution in [0.2, 0.25) is 5.02 Å². The number of rotatable bonds is 2.